The van der Waals surface area contributed by atoms with E-state index in [0.717, 1.165) is 19.5 Å². The van der Waals surface area contributed by atoms with Crippen LogP contribution in [0.1, 0.15) is 20.3 Å². The number of nitrogens with zero attached hydrogens (tertiary/aromatic N) is 1. The number of rotatable bonds is 5. The molecule has 15 heavy (non-hydrogen) atoms. The van der Waals surface area contributed by atoms with Crippen molar-refractivity contribution < 1.29 is 0 Å². The molecular weight excluding hydrogens is 250 g/mol. The Kier molecular flexibility index (Phi) is 5.34. The molecule has 1 rings (SSSR count). The molecule has 0 aromatic carbocycles. The lowest BCUT2D eigenvalue weighted by molar-refractivity contribution is 0.268. The fourth-order valence-corrected chi connectivity index (χ4v) is 1.95. The lowest BCUT2D eigenvalue weighted by Crippen LogP contribution is -2.32. The molecule has 0 bridgehead atoms. The van der Waals surface area contributed by atoms with Gasteiger partial charge in [-0.2, -0.15) is 0 Å². The summed E-state index contributed by atoms with van der Waals surface area (Å²) < 4.78 is 0. The standard InChI is InChI=1S/C13H20BrN/c1-4-9-15(11(2)3)10-12-5-7-13(14)8-6-12/h4-7,11,13H,1,8-10H2,2-3H3. The van der Waals surface area contributed by atoms with E-state index >= 15 is 0 Å². The molecule has 1 unspecified atom stereocenters. The van der Waals surface area contributed by atoms with Crippen molar-refractivity contribution in [3.63, 3.8) is 0 Å². The number of halogens is 1. The highest BCUT2D eigenvalue weighted by Crippen LogP contribution is 2.18. The van der Waals surface area contributed by atoms with E-state index in [-0.39, 0.29) is 0 Å². The van der Waals surface area contributed by atoms with Crippen LogP contribution in [0.5, 0.6) is 0 Å². The Morgan fingerprint density at radius 3 is 2.87 bits per heavy atom. The summed E-state index contributed by atoms with van der Waals surface area (Å²) in [6, 6.07) is 0.569. The van der Waals surface area contributed by atoms with Gasteiger partial charge >= 0.3 is 0 Å². The summed E-state index contributed by atoms with van der Waals surface area (Å²) in [5.41, 5.74) is 1.42. The molecule has 0 N–H and O–H groups in total. The van der Waals surface area contributed by atoms with E-state index in [2.05, 4.69) is 59.5 Å². The Morgan fingerprint density at radius 1 is 1.67 bits per heavy atom. The van der Waals surface area contributed by atoms with Crippen molar-refractivity contribution in [3.8, 4) is 0 Å². The van der Waals surface area contributed by atoms with Gasteiger partial charge in [0.05, 0.1) is 0 Å². The van der Waals surface area contributed by atoms with Gasteiger partial charge in [0.1, 0.15) is 0 Å². The first-order chi connectivity index (χ1) is 7.13. The first kappa shape index (κ1) is 12.7. The number of allylic oxidation sites excluding steroid dienone is 2. The second kappa shape index (κ2) is 6.29. The summed E-state index contributed by atoms with van der Waals surface area (Å²) in [4.78, 5) is 2.94. The Hall–Kier alpha value is -0.340. The molecule has 0 fully saturated rings. The van der Waals surface area contributed by atoms with Gasteiger partial charge in [-0.15, -0.1) is 6.58 Å². The van der Waals surface area contributed by atoms with Crippen LogP contribution >= 0.6 is 15.9 Å². The zero-order valence-electron chi connectivity index (χ0n) is 9.62. The van der Waals surface area contributed by atoms with Gasteiger partial charge in [-0.3, -0.25) is 4.90 Å². The lowest BCUT2D eigenvalue weighted by Gasteiger charge is -2.26. The summed E-state index contributed by atoms with van der Waals surface area (Å²) >= 11 is 3.58. The monoisotopic (exact) mass is 269 g/mol. The molecule has 0 radical (unpaired) electrons. The molecule has 84 valence electrons. The van der Waals surface area contributed by atoms with Crippen LogP contribution in [0.3, 0.4) is 0 Å². The van der Waals surface area contributed by atoms with Crippen molar-refractivity contribution in [2.75, 3.05) is 13.1 Å². The summed E-state index contributed by atoms with van der Waals surface area (Å²) in [6.45, 7) is 10.2. The van der Waals surface area contributed by atoms with Crippen molar-refractivity contribution in [3.05, 3.63) is 36.5 Å². The maximum atomic E-state index is 3.80. The number of hydrogen-bond acceptors (Lipinski definition) is 1. The molecule has 2 heteroatoms. The van der Waals surface area contributed by atoms with Crippen molar-refractivity contribution >= 4 is 15.9 Å². The van der Waals surface area contributed by atoms with Crippen molar-refractivity contribution in [2.45, 2.75) is 31.1 Å². The lowest BCUT2D eigenvalue weighted by atomic mass is 10.1. The quantitative estimate of drug-likeness (QED) is 0.545. The van der Waals surface area contributed by atoms with Crippen molar-refractivity contribution in [1.29, 1.82) is 0 Å². The average molecular weight is 270 g/mol. The van der Waals surface area contributed by atoms with Crippen molar-refractivity contribution in [2.24, 2.45) is 0 Å². The molecule has 0 saturated heterocycles. The SMILES string of the molecule is C=CCN(CC1=CCC(Br)C=C1)C(C)C. The van der Waals surface area contributed by atoms with Crippen molar-refractivity contribution in [1.82, 2.24) is 4.90 Å². The van der Waals surface area contributed by atoms with Gasteiger partial charge in [-0.25, -0.2) is 0 Å². The van der Waals surface area contributed by atoms with Crippen LogP contribution in [-0.4, -0.2) is 28.9 Å². The fourth-order valence-electron chi connectivity index (χ4n) is 1.61. The third-order valence-electron chi connectivity index (χ3n) is 2.60. The summed E-state index contributed by atoms with van der Waals surface area (Å²) in [5, 5.41) is 0. The Bertz CT molecular complexity index is 266. The minimum Gasteiger partial charge on any atom is -0.293 e. The van der Waals surface area contributed by atoms with E-state index in [1.54, 1.807) is 0 Å². The molecule has 0 saturated carbocycles. The highest BCUT2D eigenvalue weighted by molar-refractivity contribution is 9.09. The van der Waals surface area contributed by atoms with Crippen LogP contribution in [-0.2, 0) is 0 Å². The Balaban J connectivity index is 2.52. The van der Waals surface area contributed by atoms with Gasteiger partial charge in [-0.05, 0) is 25.8 Å². The van der Waals surface area contributed by atoms with E-state index in [1.165, 1.54) is 5.57 Å². The van der Waals surface area contributed by atoms with Crippen LogP contribution in [0.15, 0.2) is 36.5 Å². The zero-order chi connectivity index (χ0) is 11.3. The molecule has 0 heterocycles. The minimum atomic E-state index is 0.521. The Labute approximate surface area is 102 Å². The topological polar surface area (TPSA) is 3.24 Å². The highest BCUT2D eigenvalue weighted by Gasteiger charge is 2.11. The molecule has 0 aromatic rings. The van der Waals surface area contributed by atoms with E-state index < -0.39 is 0 Å². The fraction of sp³-hybridized carbons (Fsp3) is 0.538. The van der Waals surface area contributed by atoms with E-state index in [4.69, 9.17) is 0 Å². The normalized spacial score (nSPS) is 20.9. The van der Waals surface area contributed by atoms with Crippen LogP contribution in [0, 0.1) is 0 Å². The number of alkyl halides is 1. The molecule has 0 aromatic heterocycles. The van der Waals surface area contributed by atoms with E-state index in [9.17, 15) is 0 Å². The molecule has 1 atom stereocenters. The third kappa shape index (κ3) is 4.35. The molecule has 1 aliphatic rings. The van der Waals surface area contributed by atoms with Crippen LogP contribution in [0.4, 0.5) is 0 Å². The molecule has 0 spiro atoms. The second-order valence-electron chi connectivity index (χ2n) is 4.20. The molecule has 0 aliphatic heterocycles. The Morgan fingerprint density at radius 2 is 2.40 bits per heavy atom. The summed E-state index contributed by atoms with van der Waals surface area (Å²) in [6.07, 6.45) is 9.84. The highest BCUT2D eigenvalue weighted by atomic mass is 79.9. The first-order valence-corrected chi connectivity index (χ1v) is 6.41. The van der Waals surface area contributed by atoms with Crippen LogP contribution in [0.25, 0.3) is 0 Å². The summed E-state index contributed by atoms with van der Waals surface area (Å²) in [7, 11) is 0. The van der Waals surface area contributed by atoms with E-state index in [0.29, 0.717) is 10.9 Å². The van der Waals surface area contributed by atoms with Gasteiger partial charge < -0.3 is 0 Å². The van der Waals surface area contributed by atoms with Crippen LogP contribution < -0.4 is 0 Å². The smallest absolute Gasteiger partial charge is 0.0363 e. The largest absolute Gasteiger partial charge is 0.293 e. The third-order valence-corrected chi connectivity index (χ3v) is 3.28. The zero-order valence-corrected chi connectivity index (χ0v) is 11.2. The summed E-state index contributed by atoms with van der Waals surface area (Å²) in [5.74, 6) is 0. The predicted molar refractivity (Wildman–Crippen MR) is 71.5 cm³/mol. The second-order valence-corrected chi connectivity index (χ2v) is 5.38. The first-order valence-electron chi connectivity index (χ1n) is 5.49. The van der Waals surface area contributed by atoms with E-state index in [1.807, 2.05) is 6.08 Å². The number of hydrogen-bond donors (Lipinski definition) is 0. The van der Waals surface area contributed by atoms with Gasteiger partial charge in [-0.1, -0.05) is 40.2 Å². The van der Waals surface area contributed by atoms with Gasteiger partial charge in [0.25, 0.3) is 0 Å². The molecule has 1 nitrogen and oxygen atoms in total. The average Bonchev–Trinajstić information content (AvgIpc) is 2.20. The van der Waals surface area contributed by atoms with Crippen LogP contribution in [0.2, 0.25) is 0 Å². The predicted octanol–water partition coefficient (Wildman–Crippen LogP) is 3.53. The van der Waals surface area contributed by atoms with Gasteiger partial charge in [0, 0.05) is 24.0 Å². The molecule has 1 aliphatic carbocycles. The molecular formula is C13H20BrN. The maximum absolute atomic E-state index is 3.80. The minimum absolute atomic E-state index is 0.521. The molecule has 0 amide bonds. The van der Waals surface area contributed by atoms with Gasteiger partial charge in [0.15, 0.2) is 0 Å². The van der Waals surface area contributed by atoms with Gasteiger partial charge in [0.2, 0.25) is 0 Å². The maximum Gasteiger partial charge on any atom is 0.0363 e.